The van der Waals surface area contributed by atoms with E-state index in [1.807, 2.05) is 42.8 Å². The van der Waals surface area contributed by atoms with Crippen molar-refractivity contribution in [2.75, 3.05) is 12.8 Å². The highest BCUT2D eigenvalue weighted by Crippen LogP contribution is 2.21. The SMILES string of the molecule is CCS(=O)(=O)c1ncc(CN(C)[C@H](C)c2ccon2)n1CCCc1ccccc1. The van der Waals surface area contributed by atoms with Crippen LogP contribution >= 0.6 is 0 Å². The van der Waals surface area contributed by atoms with Crippen molar-refractivity contribution in [3.63, 3.8) is 0 Å². The number of nitrogens with zero attached hydrogens (tertiary/aromatic N) is 4. The fourth-order valence-corrected chi connectivity index (χ4v) is 4.29. The lowest BCUT2D eigenvalue weighted by molar-refractivity contribution is 0.234. The Morgan fingerprint density at radius 1 is 1.21 bits per heavy atom. The zero-order chi connectivity index (χ0) is 20.9. The van der Waals surface area contributed by atoms with Gasteiger partial charge in [-0.25, -0.2) is 13.4 Å². The summed E-state index contributed by atoms with van der Waals surface area (Å²) in [6, 6.07) is 12.1. The van der Waals surface area contributed by atoms with Crippen LogP contribution in [0.15, 0.2) is 58.5 Å². The van der Waals surface area contributed by atoms with Crippen LogP contribution in [-0.4, -0.2) is 40.8 Å². The molecule has 1 atom stereocenters. The molecule has 0 aliphatic carbocycles. The highest BCUT2D eigenvalue weighted by atomic mass is 32.2. The van der Waals surface area contributed by atoms with E-state index in [1.165, 1.54) is 5.56 Å². The summed E-state index contributed by atoms with van der Waals surface area (Å²) in [5, 5.41) is 4.17. The van der Waals surface area contributed by atoms with Gasteiger partial charge in [-0.15, -0.1) is 0 Å². The molecular formula is C21H28N4O3S. The number of hydrogen-bond acceptors (Lipinski definition) is 6. The first-order valence-electron chi connectivity index (χ1n) is 9.84. The van der Waals surface area contributed by atoms with E-state index in [4.69, 9.17) is 4.52 Å². The molecular weight excluding hydrogens is 388 g/mol. The summed E-state index contributed by atoms with van der Waals surface area (Å²) in [6.45, 7) is 4.85. The molecule has 0 amide bonds. The first kappa shape index (κ1) is 21.3. The molecule has 0 saturated carbocycles. The monoisotopic (exact) mass is 416 g/mol. The number of sulfone groups is 1. The van der Waals surface area contributed by atoms with E-state index in [1.54, 1.807) is 19.4 Å². The Labute approximate surface area is 172 Å². The van der Waals surface area contributed by atoms with Gasteiger partial charge in [0.25, 0.3) is 0 Å². The molecule has 29 heavy (non-hydrogen) atoms. The predicted octanol–water partition coefficient (Wildman–Crippen LogP) is 3.49. The Morgan fingerprint density at radius 3 is 2.62 bits per heavy atom. The third-order valence-electron chi connectivity index (χ3n) is 5.21. The van der Waals surface area contributed by atoms with E-state index in [0.717, 1.165) is 24.2 Å². The molecule has 0 aliphatic rings. The van der Waals surface area contributed by atoms with Gasteiger partial charge in [0.05, 0.1) is 23.7 Å². The van der Waals surface area contributed by atoms with Crippen molar-refractivity contribution in [2.24, 2.45) is 0 Å². The molecule has 156 valence electrons. The third kappa shape index (κ3) is 5.13. The molecule has 0 fully saturated rings. The Hall–Kier alpha value is -2.45. The minimum absolute atomic E-state index is 0.0349. The van der Waals surface area contributed by atoms with E-state index in [9.17, 15) is 8.42 Å². The molecule has 0 unspecified atom stereocenters. The molecule has 1 aromatic carbocycles. The van der Waals surface area contributed by atoms with Crippen LogP contribution in [0.5, 0.6) is 0 Å². The quantitative estimate of drug-likeness (QED) is 0.503. The van der Waals surface area contributed by atoms with E-state index >= 15 is 0 Å². The van der Waals surface area contributed by atoms with Gasteiger partial charge in [-0.2, -0.15) is 0 Å². The standard InChI is InChI=1S/C21H28N4O3S/c1-4-29(26,27)21-22-15-19(16-24(3)17(2)20-12-14-28-23-20)25(21)13-8-11-18-9-6-5-7-10-18/h5-7,9-10,12,14-15,17H,4,8,11,13,16H2,1-3H3/t17-/m1/s1. The fourth-order valence-electron chi connectivity index (χ4n) is 3.28. The maximum atomic E-state index is 12.6. The topological polar surface area (TPSA) is 81.2 Å². The van der Waals surface area contributed by atoms with Gasteiger partial charge in [-0.1, -0.05) is 42.4 Å². The van der Waals surface area contributed by atoms with Gasteiger partial charge in [0.15, 0.2) is 0 Å². The van der Waals surface area contributed by atoms with Crippen LogP contribution in [0.2, 0.25) is 0 Å². The molecule has 0 N–H and O–H groups in total. The molecule has 0 aliphatic heterocycles. The third-order valence-corrected chi connectivity index (χ3v) is 6.85. The van der Waals surface area contributed by atoms with Crippen LogP contribution in [0.1, 0.15) is 43.3 Å². The number of imidazole rings is 1. The normalized spacial score (nSPS) is 13.1. The molecule has 2 heterocycles. The van der Waals surface area contributed by atoms with Gasteiger partial charge in [0, 0.05) is 19.2 Å². The largest absolute Gasteiger partial charge is 0.364 e. The minimum atomic E-state index is -3.40. The second-order valence-electron chi connectivity index (χ2n) is 7.19. The Morgan fingerprint density at radius 2 is 1.97 bits per heavy atom. The van der Waals surface area contributed by atoms with Gasteiger partial charge in [-0.05, 0) is 32.4 Å². The zero-order valence-electron chi connectivity index (χ0n) is 17.2. The lowest BCUT2D eigenvalue weighted by Crippen LogP contribution is -2.24. The van der Waals surface area contributed by atoms with Crippen molar-refractivity contribution in [1.29, 1.82) is 0 Å². The van der Waals surface area contributed by atoms with Crippen molar-refractivity contribution in [1.82, 2.24) is 19.6 Å². The molecule has 0 radical (unpaired) electrons. The lowest BCUT2D eigenvalue weighted by Gasteiger charge is -2.23. The molecule has 3 rings (SSSR count). The Kier molecular flexibility index (Phi) is 6.87. The molecule has 8 heteroatoms. The van der Waals surface area contributed by atoms with Crippen molar-refractivity contribution < 1.29 is 12.9 Å². The zero-order valence-corrected chi connectivity index (χ0v) is 18.0. The summed E-state index contributed by atoms with van der Waals surface area (Å²) in [5.74, 6) is 0.0350. The maximum absolute atomic E-state index is 12.6. The summed E-state index contributed by atoms with van der Waals surface area (Å²) < 4.78 is 31.9. The summed E-state index contributed by atoms with van der Waals surface area (Å²) in [6.07, 6.45) is 4.95. The number of rotatable bonds is 10. The molecule has 2 aromatic heterocycles. The molecule has 0 bridgehead atoms. The van der Waals surface area contributed by atoms with Gasteiger partial charge in [-0.3, -0.25) is 4.90 Å². The second kappa shape index (κ2) is 9.37. The maximum Gasteiger partial charge on any atom is 0.227 e. The number of aromatic nitrogens is 3. The van der Waals surface area contributed by atoms with Crippen LogP contribution in [0.3, 0.4) is 0 Å². The molecule has 0 spiro atoms. The Balaban J connectivity index is 1.79. The number of hydrogen-bond donors (Lipinski definition) is 0. The van der Waals surface area contributed by atoms with Gasteiger partial charge in [0.2, 0.25) is 15.0 Å². The van der Waals surface area contributed by atoms with Crippen LogP contribution in [0.4, 0.5) is 0 Å². The van der Waals surface area contributed by atoms with Gasteiger partial charge >= 0.3 is 0 Å². The lowest BCUT2D eigenvalue weighted by atomic mass is 10.1. The second-order valence-corrected chi connectivity index (χ2v) is 9.36. The van der Waals surface area contributed by atoms with Gasteiger partial charge < -0.3 is 9.09 Å². The van der Waals surface area contributed by atoms with Crippen LogP contribution in [0.25, 0.3) is 0 Å². The minimum Gasteiger partial charge on any atom is -0.364 e. The first-order chi connectivity index (χ1) is 13.9. The smallest absolute Gasteiger partial charge is 0.227 e. The number of aryl methyl sites for hydroxylation is 1. The van der Waals surface area contributed by atoms with Crippen molar-refractivity contribution in [2.45, 2.75) is 51.0 Å². The van der Waals surface area contributed by atoms with E-state index in [0.29, 0.717) is 13.1 Å². The highest BCUT2D eigenvalue weighted by molar-refractivity contribution is 7.91. The van der Waals surface area contributed by atoms with Crippen LogP contribution in [0, 0.1) is 0 Å². The van der Waals surface area contributed by atoms with E-state index in [-0.39, 0.29) is 17.0 Å². The molecule has 7 nitrogen and oxygen atoms in total. The van der Waals surface area contributed by atoms with Gasteiger partial charge in [0.1, 0.15) is 12.0 Å². The van der Waals surface area contributed by atoms with E-state index in [2.05, 4.69) is 27.2 Å². The average molecular weight is 417 g/mol. The fraction of sp³-hybridized carbons (Fsp3) is 0.429. The van der Waals surface area contributed by atoms with Crippen LogP contribution < -0.4 is 0 Å². The first-order valence-corrected chi connectivity index (χ1v) is 11.5. The summed E-state index contributed by atoms with van der Waals surface area (Å²) in [4.78, 5) is 6.38. The highest BCUT2D eigenvalue weighted by Gasteiger charge is 2.23. The van der Waals surface area contributed by atoms with E-state index < -0.39 is 9.84 Å². The summed E-state index contributed by atoms with van der Waals surface area (Å²) >= 11 is 0. The summed E-state index contributed by atoms with van der Waals surface area (Å²) in [5.41, 5.74) is 2.96. The van der Waals surface area contributed by atoms with Crippen molar-refractivity contribution >= 4 is 9.84 Å². The van der Waals surface area contributed by atoms with Crippen LogP contribution in [-0.2, 0) is 29.3 Å². The Bertz CT molecular complexity index is 998. The molecule has 3 aromatic rings. The van der Waals surface area contributed by atoms with Crippen molar-refractivity contribution in [3.8, 4) is 0 Å². The average Bonchev–Trinajstić information content (AvgIpc) is 3.39. The predicted molar refractivity (Wildman–Crippen MR) is 111 cm³/mol. The molecule has 0 saturated heterocycles. The number of benzene rings is 1. The summed E-state index contributed by atoms with van der Waals surface area (Å²) in [7, 11) is -1.42. The van der Waals surface area contributed by atoms with Crippen molar-refractivity contribution in [3.05, 3.63) is 65.8 Å².